The number of urea groups is 1. The van der Waals surface area contributed by atoms with Crippen molar-refractivity contribution in [3.63, 3.8) is 0 Å². The van der Waals surface area contributed by atoms with Gasteiger partial charge >= 0.3 is 18.3 Å². The van der Waals surface area contributed by atoms with Crippen LogP contribution in [0.5, 0.6) is 0 Å². The summed E-state index contributed by atoms with van der Waals surface area (Å²) in [5.74, 6) is -2.25. The summed E-state index contributed by atoms with van der Waals surface area (Å²) in [6.07, 6.45) is -1.75. The normalized spacial score (nSPS) is 26.4. The van der Waals surface area contributed by atoms with Gasteiger partial charge in [-0.1, -0.05) is 24.3 Å². The summed E-state index contributed by atoms with van der Waals surface area (Å²) >= 11 is 0. The summed E-state index contributed by atoms with van der Waals surface area (Å²) in [4.78, 5) is 28.4. The van der Waals surface area contributed by atoms with E-state index in [0.717, 1.165) is 42.5 Å². The first-order valence-electron chi connectivity index (χ1n) is 12.7. The number of nitrogens with zero attached hydrogens (tertiary/aromatic N) is 2. The third kappa shape index (κ3) is 5.34. The van der Waals surface area contributed by atoms with Gasteiger partial charge in [-0.25, -0.2) is 23.3 Å². The minimum Gasteiger partial charge on any atom is -0.446 e. The molecular formula is C27H28F5N3O3. The molecule has 0 radical (unpaired) electrons. The van der Waals surface area contributed by atoms with Gasteiger partial charge < -0.3 is 10.1 Å². The number of likely N-dealkylation sites (tertiary alicyclic amines) is 1. The Morgan fingerprint density at radius 3 is 2.42 bits per heavy atom. The fraction of sp³-hybridized carbons (Fsp3) is 0.481. The zero-order valence-corrected chi connectivity index (χ0v) is 20.5. The molecule has 38 heavy (non-hydrogen) atoms. The first kappa shape index (κ1) is 26.4. The number of rotatable bonds is 4. The molecule has 11 heteroatoms. The largest absolute Gasteiger partial charge is 0.446 e. The molecule has 3 fully saturated rings. The lowest BCUT2D eigenvalue weighted by Crippen LogP contribution is -2.47. The zero-order chi connectivity index (χ0) is 27.0. The van der Waals surface area contributed by atoms with Crippen LogP contribution in [0.1, 0.15) is 60.8 Å². The summed E-state index contributed by atoms with van der Waals surface area (Å²) in [6, 6.07) is 7.42. The average Bonchev–Trinajstić information content (AvgIpc) is 3.52. The highest BCUT2D eigenvalue weighted by atomic mass is 19.4. The van der Waals surface area contributed by atoms with Crippen molar-refractivity contribution < 1.29 is 36.3 Å². The number of amides is 3. The number of ether oxygens (including phenoxy) is 1. The molecule has 2 aromatic rings. The molecular weight excluding hydrogens is 509 g/mol. The van der Waals surface area contributed by atoms with Gasteiger partial charge in [-0.3, -0.25) is 4.90 Å². The van der Waals surface area contributed by atoms with Crippen LogP contribution >= 0.6 is 0 Å². The SMILES string of the molecule is O=C(NC1CCN(C2CCC(c3ccccc3C(F)(F)F)CC2)C1)N1C(=O)OC[C@@H]1c1ccc(F)c(F)c1. The minimum atomic E-state index is -4.38. The van der Waals surface area contributed by atoms with Gasteiger partial charge in [-0.05, 0) is 67.3 Å². The van der Waals surface area contributed by atoms with E-state index < -0.39 is 41.5 Å². The van der Waals surface area contributed by atoms with Gasteiger partial charge in [-0.15, -0.1) is 0 Å². The van der Waals surface area contributed by atoms with Gasteiger partial charge in [0.25, 0.3) is 0 Å². The summed E-state index contributed by atoms with van der Waals surface area (Å²) < 4.78 is 72.4. The maximum Gasteiger partial charge on any atom is 0.418 e. The molecule has 2 heterocycles. The van der Waals surface area contributed by atoms with E-state index in [9.17, 15) is 31.5 Å². The standard InChI is InChI=1S/C27H28F5N3O3/c28-22-10-7-17(13-23(22)29)24-15-38-26(37)35(24)25(36)33-18-11-12-34(14-18)19-8-5-16(6-9-19)20-3-1-2-4-21(20)27(30,31)32/h1-4,7,10,13,16,18-19,24H,5-6,8-9,11-12,14-15H2,(H,33,36)/t16?,18?,19?,24-/m1/s1. The topological polar surface area (TPSA) is 61.9 Å². The van der Waals surface area contributed by atoms with Crippen molar-refractivity contribution in [2.45, 2.75) is 62.3 Å². The molecule has 2 aromatic carbocycles. The van der Waals surface area contributed by atoms with Crippen molar-refractivity contribution in [3.05, 3.63) is 70.8 Å². The summed E-state index contributed by atoms with van der Waals surface area (Å²) in [6.45, 7) is 1.12. The number of benzene rings is 2. The quantitative estimate of drug-likeness (QED) is 0.487. The van der Waals surface area contributed by atoms with E-state index in [2.05, 4.69) is 10.2 Å². The zero-order valence-electron chi connectivity index (χ0n) is 20.5. The molecule has 1 N–H and O–H groups in total. The Hall–Kier alpha value is -3.21. The van der Waals surface area contributed by atoms with Crippen molar-refractivity contribution in [3.8, 4) is 0 Å². The van der Waals surface area contributed by atoms with Gasteiger partial charge in [0.15, 0.2) is 11.6 Å². The van der Waals surface area contributed by atoms with Crippen molar-refractivity contribution >= 4 is 12.1 Å². The van der Waals surface area contributed by atoms with Crippen LogP contribution in [0, 0.1) is 11.6 Å². The van der Waals surface area contributed by atoms with E-state index in [-0.39, 0.29) is 30.2 Å². The summed E-state index contributed by atoms with van der Waals surface area (Å²) in [5.41, 5.74) is 0.0504. The van der Waals surface area contributed by atoms with E-state index in [1.54, 1.807) is 12.1 Å². The van der Waals surface area contributed by atoms with Gasteiger partial charge in [0.05, 0.1) is 5.56 Å². The summed E-state index contributed by atoms with van der Waals surface area (Å²) in [7, 11) is 0. The molecule has 2 saturated heterocycles. The molecule has 3 amide bonds. The van der Waals surface area contributed by atoms with E-state index in [0.29, 0.717) is 31.4 Å². The predicted molar refractivity (Wildman–Crippen MR) is 127 cm³/mol. The van der Waals surface area contributed by atoms with Crippen molar-refractivity contribution in [1.29, 1.82) is 0 Å². The highest BCUT2D eigenvalue weighted by molar-refractivity contribution is 5.92. The third-order valence-corrected chi connectivity index (χ3v) is 7.89. The third-order valence-electron chi connectivity index (χ3n) is 7.89. The lowest BCUT2D eigenvalue weighted by atomic mass is 9.79. The lowest BCUT2D eigenvalue weighted by molar-refractivity contribution is -0.138. The second kappa shape index (κ2) is 10.5. The van der Waals surface area contributed by atoms with Gasteiger partial charge in [0, 0.05) is 25.2 Å². The van der Waals surface area contributed by atoms with Crippen LogP contribution in [0.2, 0.25) is 0 Å². The second-order valence-electron chi connectivity index (χ2n) is 10.2. The van der Waals surface area contributed by atoms with Gasteiger partial charge in [0.2, 0.25) is 0 Å². The maximum absolute atomic E-state index is 13.7. The Morgan fingerprint density at radius 1 is 0.974 bits per heavy atom. The first-order valence-corrected chi connectivity index (χ1v) is 12.7. The highest BCUT2D eigenvalue weighted by Gasteiger charge is 2.41. The Morgan fingerprint density at radius 2 is 1.71 bits per heavy atom. The maximum atomic E-state index is 13.7. The summed E-state index contributed by atoms with van der Waals surface area (Å²) in [5, 5.41) is 2.86. The fourth-order valence-corrected chi connectivity index (χ4v) is 5.95. The number of alkyl halides is 3. The predicted octanol–water partition coefficient (Wildman–Crippen LogP) is 5.99. The number of halogens is 5. The molecule has 204 valence electrons. The molecule has 0 bridgehead atoms. The fourth-order valence-electron chi connectivity index (χ4n) is 5.95. The van der Waals surface area contributed by atoms with Crippen molar-refractivity contribution in [2.24, 2.45) is 0 Å². The van der Waals surface area contributed by atoms with E-state index in [1.165, 1.54) is 12.1 Å². The number of hydrogen-bond acceptors (Lipinski definition) is 4. The molecule has 0 aromatic heterocycles. The second-order valence-corrected chi connectivity index (χ2v) is 10.2. The highest BCUT2D eigenvalue weighted by Crippen LogP contribution is 2.41. The Labute approximate surface area is 216 Å². The van der Waals surface area contributed by atoms with E-state index in [1.807, 2.05) is 0 Å². The number of hydrogen-bond donors (Lipinski definition) is 1. The van der Waals surface area contributed by atoms with Crippen LogP contribution in [-0.4, -0.2) is 53.7 Å². The van der Waals surface area contributed by atoms with Crippen molar-refractivity contribution in [1.82, 2.24) is 15.1 Å². The smallest absolute Gasteiger partial charge is 0.418 e. The van der Waals surface area contributed by atoms with Crippen LogP contribution in [0.15, 0.2) is 42.5 Å². The van der Waals surface area contributed by atoms with Crippen LogP contribution < -0.4 is 5.32 Å². The van der Waals surface area contributed by atoms with Gasteiger partial charge in [0.1, 0.15) is 12.6 Å². The number of carbonyl (C=O) groups is 2. The first-order chi connectivity index (χ1) is 18.1. The van der Waals surface area contributed by atoms with Crippen molar-refractivity contribution in [2.75, 3.05) is 19.7 Å². The molecule has 3 aliphatic rings. The Kier molecular flexibility index (Phi) is 7.30. The molecule has 1 aliphatic carbocycles. The lowest BCUT2D eigenvalue weighted by Gasteiger charge is -2.35. The molecule has 0 spiro atoms. The molecule has 5 rings (SSSR count). The number of imide groups is 1. The van der Waals surface area contributed by atoms with Crippen LogP contribution in [0.3, 0.4) is 0 Å². The average molecular weight is 538 g/mol. The van der Waals surface area contributed by atoms with Gasteiger partial charge in [-0.2, -0.15) is 13.2 Å². The molecule has 1 unspecified atom stereocenters. The van der Waals surface area contributed by atoms with Crippen LogP contribution in [0.25, 0.3) is 0 Å². The monoisotopic (exact) mass is 537 g/mol. The number of carbonyl (C=O) groups excluding carboxylic acids is 2. The molecule has 6 nitrogen and oxygen atoms in total. The minimum absolute atomic E-state index is 0.142. The Balaban J connectivity index is 1.16. The Bertz CT molecular complexity index is 1200. The van der Waals surface area contributed by atoms with Crippen LogP contribution in [-0.2, 0) is 10.9 Å². The number of cyclic esters (lactones) is 1. The molecule has 2 atom stereocenters. The number of nitrogens with one attached hydrogen (secondary N) is 1. The molecule has 2 aliphatic heterocycles. The van der Waals surface area contributed by atoms with Crippen LogP contribution in [0.4, 0.5) is 31.5 Å². The molecule has 1 saturated carbocycles. The van der Waals surface area contributed by atoms with E-state index >= 15 is 0 Å². The van der Waals surface area contributed by atoms with E-state index in [4.69, 9.17) is 4.74 Å².